The van der Waals surface area contributed by atoms with Crippen molar-refractivity contribution in [1.82, 2.24) is 15.3 Å². The number of rotatable bonds is 6. The van der Waals surface area contributed by atoms with E-state index in [1.807, 2.05) is 12.1 Å². The lowest BCUT2D eigenvalue weighted by molar-refractivity contribution is 0.116. The molecule has 3 aliphatic heterocycles. The molecule has 0 radical (unpaired) electrons. The number of nitrogens with zero attached hydrogens (tertiary/aromatic N) is 2. The molecule has 6 rings (SSSR count). The summed E-state index contributed by atoms with van der Waals surface area (Å²) in [6.45, 7) is 1.22. The third-order valence-corrected chi connectivity index (χ3v) is 7.68. The number of hydrogen-bond acceptors (Lipinski definition) is 7. The van der Waals surface area contributed by atoms with Crippen molar-refractivity contribution in [1.29, 1.82) is 0 Å². The highest BCUT2D eigenvalue weighted by Crippen LogP contribution is 2.39. The average Bonchev–Trinajstić information content (AvgIpc) is 3.49. The monoisotopic (exact) mass is 518 g/mol. The lowest BCUT2D eigenvalue weighted by Gasteiger charge is -2.30. The molecule has 0 spiro atoms. The molecular formula is C25H25Cl2FN4O3. The number of halogens is 3. The fourth-order valence-electron chi connectivity index (χ4n) is 5.16. The minimum Gasteiger partial charge on any atom is -0.486 e. The first kappa shape index (κ1) is 23.0. The largest absolute Gasteiger partial charge is 0.486 e. The number of aromatic nitrogens is 2. The van der Waals surface area contributed by atoms with Gasteiger partial charge in [0.15, 0.2) is 17.3 Å². The van der Waals surface area contributed by atoms with Crippen molar-refractivity contribution in [2.24, 2.45) is 0 Å². The van der Waals surface area contributed by atoms with Gasteiger partial charge in [-0.15, -0.1) is 0 Å². The first-order chi connectivity index (χ1) is 17.0. The van der Waals surface area contributed by atoms with Crippen molar-refractivity contribution in [2.45, 2.75) is 56.4 Å². The van der Waals surface area contributed by atoms with Gasteiger partial charge in [0, 0.05) is 30.0 Å². The van der Waals surface area contributed by atoms with Crippen molar-refractivity contribution >= 4 is 45.6 Å². The molecule has 10 heteroatoms. The van der Waals surface area contributed by atoms with Crippen molar-refractivity contribution < 1.29 is 18.6 Å². The Bertz CT molecular complexity index is 1250. The molecule has 3 aromatic rings. The summed E-state index contributed by atoms with van der Waals surface area (Å²) in [6, 6.07) is 7.78. The van der Waals surface area contributed by atoms with Gasteiger partial charge in [-0.05, 0) is 43.9 Å². The van der Waals surface area contributed by atoms with Crippen LogP contribution in [0.4, 0.5) is 15.9 Å². The number of benzene rings is 2. The number of piperidine rings is 1. The Morgan fingerprint density at radius 1 is 1.00 bits per heavy atom. The summed E-state index contributed by atoms with van der Waals surface area (Å²) in [5, 5.41) is 7.36. The second kappa shape index (κ2) is 9.58. The van der Waals surface area contributed by atoms with Crippen LogP contribution in [0.2, 0.25) is 10.0 Å². The van der Waals surface area contributed by atoms with E-state index in [9.17, 15) is 4.39 Å². The van der Waals surface area contributed by atoms with Gasteiger partial charge in [0.05, 0.1) is 34.5 Å². The van der Waals surface area contributed by atoms with Crippen LogP contribution >= 0.6 is 23.2 Å². The second-order valence-corrected chi connectivity index (χ2v) is 10.1. The molecule has 2 bridgehead atoms. The smallest absolute Gasteiger partial charge is 0.166 e. The molecule has 4 heterocycles. The van der Waals surface area contributed by atoms with Crippen LogP contribution in [0, 0.1) is 5.82 Å². The van der Waals surface area contributed by atoms with E-state index >= 15 is 0 Å². The summed E-state index contributed by atoms with van der Waals surface area (Å²) < 4.78 is 33.1. The Kier molecular flexibility index (Phi) is 6.30. The van der Waals surface area contributed by atoms with E-state index in [1.165, 1.54) is 31.3 Å². The first-order valence-electron chi connectivity index (χ1n) is 11.9. The van der Waals surface area contributed by atoms with Gasteiger partial charge in [-0.1, -0.05) is 23.2 Å². The summed E-state index contributed by atoms with van der Waals surface area (Å²) in [6.07, 6.45) is 6.56. The van der Waals surface area contributed by atoms with Gasteiger partial charge in [0.25, 0.3) is 0 Å². The highest BCUT2D eigenvalue weighted by atomic mass is 35.5. The van der Waals surface area contributed by atoms with Crippen LogP contribution in [-0.2, 0) is 4.74 Å². The van der Waals surface area contributed by atoms with Crippen molar-refractivity contribution in [3.8, 4) is 11.5 Å². The molecule has 2 N–H and O–H groups in total. The zero-order chi connectivity index (χ0) is 23.9. The van der Waals surface area contributed by atoms with Crippen molar-refractivity contribution in [3.05, 3.63) is 46.5 Å². The normalized spacial score (nSPS) is 25.7. The maximum absolute atomic E-state index is 14.7. The Labute approximate surface area is 212 Å². The van der Waals surface area contributed by atoms with Gasteiger partial charge in [0.2, 0.25) is 0 Å². The lowest BCUT2D eigenvalue weighted by atomic mass is 10.0. The van der Waals surface area contributed by atoms with E-state index in [2.05, 4.69) is 20.6 Å². The zero-order valence-electron chi connectivity index (χ0n) is 18.9. The lowest BCUT2D eigenvalue weighted by Crippen LogP contribution is -2.42. The van der Waals surface area contributed by atoms with E-state index < -0.39 is 5.82 Å². The fraction of sp³-hybridized carbons (Fsp3) is 0.440. The molecule has 184 valence electrons. The average molecular weight is 519 g/mol. The summed E-state index contributed by atoms with van der Waals surface area (Å²) in [5.74, 6) is 1.04. The topological polar surface area (TPSA) is 77.5 Å². The minimum absolute atomic E-state index is 0.0382. The molecule has 3 fully saturated rings. The Morgan fingerprint density at radius 2 is 1.77 bits per heavy atom. The van der Waals surface area contributed by atoms with Crippen LogP contribution in [0.15, 0.2) is 30.6 Å². The molecule has 3 saturated heterocycles. The molecule has 0 unspecified atom stereocenters. The zero-order valence-corrected chi connectivity index (χ0v) is 20.4. The Hall–Kier alpha value is -2.39. The van der Waals surface area contributed by atoms with Gasteiger partial charge >= 0.3 is 0 Å². The minimum atomic E-state index is -0.645. The van der Waals surface area contributed by atoms with Crippen LogP contribution in [0.1, 0.15) is 32.1 Å². The van der Waals surface area contributed by atoms with E-state index in [4.69, 9.17) is 37.4 Å². The number of hydrogen-bond donors (Lipinski definition) is 2. The molecule has 7 nitrogen and oxygen atoms in total. The molecular weight excluding hydrogens is 494 g/mol. The SMILES string of the molecule is Fc1c(Nc2ncnc3cc(O[C@@H]4CCOC4)c(O[C@@H]4C[C@H]5CC[C@@H](C4)N5)cc23)ccc(Cl)c1Cl. The van der Waals surface area contributed by atoms with Gasteiger partial charge in [-0.2, -0.15) is 0 Å². The van der Waals surface area contributed by atoms with E-state index in [-0.39, 0.29) is 27.9 Å². The number of ether oxygens (including phenoxy) is 3. The van der Waals surface area contributed by atoms with Crippen LogP contribution in [0.3, 0.4) is 0 Å². The quantitative estimate of drug-likeness (QED) is 0.408. The third kappa shape index (κ3) is 4.72. The van der Waals surface area contributed by atoms with Crippen LogP contribution in [0.5, 0.6) is 11.5 Å². The van der Waals surface area contributed by atoms with E-state index in [0.29, 0.717) is 53.5 Å². The van der Waals surface area contributed by atoms with Crippen LogP contribution in [-0.4, -0.2) is 47.5 Å². The van der Waals surface area contributed by atoms with E-state index in [1.54, 1.807) is 0 Å². The van der Waals surface area contributed by atoms with Crippen molar-refractivity contribution in [2.75, 3.05) is 18.5 Å². The van der Waals surface area contributed by atoms with Crippen molar-refractivity contribution in [3.63, 3.8) is 0 Å². The molecule has 0 amide bonds. The molecule has 3 aliphatic rings. The molecule has 35 heavy (non-hydrogen) atoms. The second-order valence-electron chi connectivity index (χ2n) is 9.34. The predicted octanol–water partition coefficient (Wildman–Crippen LogP) is 5.65. The number of nitrogens with one attached hydrogen (secondary N) is 2. The Morgan fingerprint density at radius 3 is 2.54 bits per heavy atom. The highest BCUT2D eigenvalue weighted by molar-refractivity contribution is 6.42. The first-order valence-corrected chi connectivity index (χ1v) is 12.7. The van der Waals surface area contributed by atoms with Gasteiger partial charge < -0.3 is 24.8 Å². The maximum atomic E-state index is 14.7. The van der Waals surface area contributed by atoms with Crippen LogP contribution < -0.4 is 20.1 Å². The standard InChI is InChI=1S/C25H25Cl2FN4O3/c26-18-3-4-19(24(28)23(18)27)32-25-17-9-21(35-16-7-13-1-2-14(8-16)31-13)22(10-20(17)29-12-30-25)34-15-5-6-33-11-15/h3-4,9-10,12-16,31H,1-2,5-8,11H2,(H,29,30,32)/t13-,14+,15-,16-/m1/s1. The van der Waals surface area contributed by atoms with Gasteiger partial charge in [-0.25, -0.2) is 14.4 Å². The molecule has 4 atom stereocenters. The molecule has 0 saturated carbocycles. The Balaban J connectivity index is 1.36. The predicted molar refractivity (Wildman–Crippen MR) is 133 cm³/mol. The number of anilines is 2. The highest BCUT2D eigenvalue weighted by Gasteiger charge is 2.35. The van der Waals surface area contributed by atoms with Gasteiger partial charge in [0.1, 0.15) is 24.4 Å². The summed E-state index contributed by atoms with van der Waals surface area (Å²) in [4.78, 5) is 8.79. The summed E-state index contributed by atoms with van der Waals surface area (Å²) >= 11 is 11.9. The van der Waals surface area contributed by atoms with E-state index in [0.717, 1.165) is 19.3 Å². The van der Waals surface area contributed by atoms with Crippen LogP contribution in [0.25, 0.3) is 10.9 Å². The molecule has 0 aliphatic carbocycles. The molecule has 1 aromatic heterocycles. The maximum Gasteiger partial charge on any atom is 0.166 e. The molecule has 2 aromatic carbocycles. The fourth-order valence-corrected chi connectivity index (χ4v) is 5.47. The third-order valence-electron chi connectivity index (χ3n) is 6.89. The summed E-state index contributed by atoms with van der Waals surface area (Å²) in [5.41, 5.74) is 0.815. The van der Waals surface area contributed by atoms with Gasteiger partial charge in [-0.3, -0.25) is 0 Å². The summed E-state index contributed by atoms with van der Waals surface area (Å²) in [7, 11) is 0. The number of fused-ring (bicyclic) bond motifs is 3.